The molecule has 2 saturated carbocycles. The summed E-state index contributed by atoms with van der Waals surface area (Å²) >= 11 is 0. The van der Waals surface area contributed by atoms with Gasteiger partial charge in [0.1, 0.15) is 11.6 Å². The fourth-order valence-corrected chi connectivity index (χ4v) is 3.60. The number of anilines is 2. The minimum absolute atomic E-state index is 0.467. The van der Waals surface area contributed by atoms with Crippen LogP contribution in [0.5, 0.6) is 0 Å². The molecule has 3 aliphatic rings. The number of hydrogen-bond acceptors (Lipinski definition) is 6. The highest BCUT2D eigenvalue weighted by Gasteiger charge is 2.33. The van der Waals surface area contributed by atoms with Crippen molar-refractivity contribution in [1.82, 2.24) is 20.2 Å². The summed E-state index contributed by atoms with van der Waals surface area (Å²) in [5, 5.41) is 8.81. The molecule has 0 spiro atoms. The second-order valence-corrected chi connectivity index (χ2v) is 7.66. The van der Waals surface area contributed by atoms with E-state index in [0.717, 1.165) is 36.2 Å². The van der Waals surface area contributed by atoms with Crippen LogP contribution >= 0.6 is 0 Å². The lowest BCUT2D eigenvalue weighted by molar-refractivity contribution is 0.400. The zero-order valence-corrected chi connectivity index (χ0v) is 14.7. The predicted molar refractivity (Wildman–Crippen MR) is 97.0 cm³/mol. The normalized spacial score (nSPS) is 20.9. The van der Waals surface area contributed by atoms with Crippen LogP contribution in [0.4, 0.5) is 11.6 Å². The summed E-state index contributed by atoms with van der Waals surface area (Å²) in [6.45, 7) is 1.94. The lowest BCUT2D eigenvalue weighted by atomic mass is 9.85. The summed E-state index contributed by atoms with van der Waals surface area (Å²) in [5.74, 6) is 4.29. The van der Waals surface area contributed by atoms with Gasteiger partial charge in [-0.25, -0.2) is 9.97 Å². The fourth-order valence-electron chi connectivity index (χ4n) is 3.60. The van der Waals surface area contributed by atoms with E-state index in [0.29, 0.717) is 17.9 Å². The van der Waals surface area contributed by atoms with Gasteiger partial charge in [0.05, 0.1) is 11.7 Å². The second-order valence-electron chi connectivity index (χ2n) is 7.66. The Bertz CT molecular complexity index is 747. The molecule has 1 saturated heterocycles. The van der Waals surface area contributed by atoms with Gasteiger partial charge < -0.3 is 9.80 Å². The van der Waals surface area contributed by atoms with Gasteiger partial charge >= 0.3 is 0 Å². The molecular weight excluding hydrogens is 312 g/mol. The first-order valence-electron chi connectivity index (χ1n) is 9.42. The summed E-state index contributed by atoms with van der Waals surface area (Å²) in [6, 6.07) is 6.76. The predicted octanol–water partition coefficient (Wildman–Crippen LogP) is 2.74. The first-order valence-corrected chi connectivity index (χ1v) is 9.42. The molecule has 0 bridgehead atoms. The molecule has 5 rings (SSSR count). The molecule has 25 heavy (non-hydrogen) atoms. The van der Waals surface area contributed by atoms with Crippen molar-refractivity contribution in [2.75, 3.05) is 29.9 Å². The third-order valence-electron chi connectivity index (χ3n) is 5.89. The summed E-state index contributed by atoms with van der Waals surface area (Å²) in [5.41, 5.74) is 1.16. The Labute approximate surface area is 148 Å². The molecule has 1 aliphatic heterocycles. The third-order valence-corrected chi connectivity index (χ3v) is 5.89. The van der Waals surface area contributed by atoms with E-state index in [-0.39, 0.29) is 0 Å². The topological polar surface area (TPSA) is 58.0 Å². The standard InChI is InChI=1S/C19H24N6/c1-24(17-9-10-20-19(21-17)14-3-2-4-14)15-11-25(12-15)18-8-7-16(22-23-18)13-5-6-13/h7-10,13-15H,2-6,11-12H2,1H3. The Morgan fingerprint density at radius 3 is 2.48 bits per heavy atom. The van der Waals surface area contributed by atoms with Crippen LogP contribution in [0.25, 0.3) is 0 Å². The first kappa shape index (κ1) is 15.0. The van der Waals surface area contributed by atoms with Gasteiger partial charge in [-0.1, -0.05) is 6.42 Å². The molecule has 6 heteroatoms. The average molecular weight is 336 g/mol. The molecule has 3 fully saturated rings. The maximum atomic E-state index is 4.80. The molecule has 0 unspecified atom stereocenters. The van der Waals surface area contributed by atoms with Crippen molar-refractivity contribution in [1.29, 1.82) is 0 Å². The zero-order valence-electron chi connectivity index (χ0n) is 14.7. The van der Waals surface area contributed by atoms with Crippen LogP contribution in [0, 0.1) is 0 Å². The van der Waals surface area contributed by atoms with Crippen LogP contribution in [0.1, 0.15) is 55.5 Å². The van der Waals surface area contributed by atoms with Crippen molar-refractivity contribution >= 4 is 11.6 Å². The molecule has 6 nitrogen and oxygen atoms in total. The van der Waals surface area contributed by atoms with E-state index in [9.17, 15) is 0 Å². The van der Waals surface area contributed by atoms with Gasteiger partial charge in [0.15, 0.2) is 5.82 Å². The first-order chi connectivity index (χ1) is 12.3. The van der Waals surface area contributed by atoms with Crippen molar-refractivity contribution in [3.05, 3.63) is 35.9 Å². The molecule has 0 aromatic carbocycles. The van der Waals surface area contributed by atoms with E-state index < -0.39 is 0 Å². The highest BCUT2D eigenvalue weighted by Crippen LogP contribution is 2.39. The molecular formula is C19H24N6. The van der Waals surface area contributed by atoms with E-state index in [1.165, 1.54) is 32.1 Å². The molecule has 130 valence electrons. The van der Waals surface area contributed by atoms with Gasteiger partial charge in [-0.2, -0.15) is 5.10 Å². The summed E-state index contributed by atoms with van der Waals surface area (Å²) in [7, 11) is 2.14. The minimum atomic E-state index is 0.467. The average Bonchev–Trinajstić information content (AvgIpc) is 3.38. The highest BCUT2D eigenvalue weighted by molar-refractivity contribution is 5.47. The SMILES string of the molecule is CN(c1ccnc(C2CCC2)n1)C1CN(c2ccc(C3CC3)nn2)C1. The van der Waals surface area contributed by atoms with Gasteiger partial charge in [0.25, 0.3) is 0 Å². The molecule has 2 aromatic heterocycles. The number of aromatic nitrogens is 4. The maximum absolute atomic E-state index is 4.80. The van der Waals surface area contributed by atoms with Crippen LogP contribution in [-0.2, 0) is 0 Å². The van der Waals surface area contributed by atoms with Crippen molar-refractivity contribution in [2.24, 2.45) is 0 Å². The number of nitrogens with zero attached hydrogens (tertiary/aromatic N) is 6. The Morgan fingerprint density at radius 2 is 1.84 bits per heavy atom. The Kier molecular flexibility index (Phi) is 3.57. The fraction of sp³-hybridized carbons (Fsp3) is 0.579. The third kappa shape index (κ3) is 2.83. The maximum Gasteiger partial charge on any atom is 0.151 e. The molecule has 2 aliphatic carbocycles. The zero-order chi connectivity index (χ0) is 16.8. The van der Waals surface area contributed by atoms with Gasteiger partial charge in [-0.15, -0.1) is 5.10 Å². The largest absolute Gasteiger partial charge is 0.353 e. The molecule has 0 radical (unpaired) electrons. The van der Waals surface area contributed by atoms with E-state index >= 15 is 0 Å². The van der Waals surface area contributed by atoms with Crippen LogP contribution in [0.3, 0.4) is 0 Å². The lowest BCUT2D eigenvalue weighted by Gasteiger charge is -2.45. The molecule has 0 atom stereocenters. The van der Waals surface area contributed by atoms with Crippen LogP contribution in [-0.4, -0.2) is 46.3 Å². The van der Waals surface area contributed by atoms with E-state index in [2.05, 4.69) is 44.2 Å². The van der Waals surface area contributed by atoms with Crippen molar-refractivity contribution in [2.45, 2.75) is 50.0 Å². The summed E-state index contributed by atoms with van der Waals surface area (Å²) in [4.78, 5) is 13.8. The highest BCUT2D eigenvalue weighted by atomic mass is 15.4. The molecule has 2 aromatic rings. The van der Waals surface area contributed by atoms with Crippen LogP contribution in [0.2, 0.25) is 0 Å². The van der Waals surface area contributed by atoms with Crippen LogP contribution in [0.15, 0.2) is 24.4 Å². The van der Waals surface area contributed by atoms with E-state index in [4.69, 9.17) is 4.98 Å². The molecule has 3 heterocycles. The second kappa shape index (κ2) is 5.93. The van der Waals surface area contributed by atoms with Gasteiger partial charge in [0, 0.05) is 38.2 Å². The van der Waals surface area contributed by atoms with Crippen LogP contribution < -0.4 is 9.80 Å². The molecule has 0 amide bonds. The van der Waals surface area contributed by atoms with Crippen molar-refractivity contribution < 1.29 is 0 Å². The Balaban J connectivity index is 1.22. The van der Waals surface area contributed by atoms with Crippen molar-refractivity contribution in [3.8, 4) is 0 Å². The smallest absolute Gasteiger partial charge is 0.151 e. The van der Waals surface area contributed by atoms with Crippen molar-refractivity contribution in [3.63, 3.8) is 0 Å². The quantitative estimate of drug-likeness (QED) is 0.837. The van der Waals surface area contributed by atoms with Gasteiger partial charge in [0.2, 0.25) is 0 Å². The minimum Gasteiger partial charge on any atom is -0.353 e. The van der Waals surface area contributed by atoms with Gasteiger partial charge in [-0.05, 0) is 43.9 Å². The summed E-state index contributed by atoms with van der Waals surface area (Å²) < 4.78 is 0. The molecule has 0 N–H and O–H groups in total. The Hall–Kier alpha value is -2.24. The lowest BCUT2D eigenvalue weighted by Crippen LogP contribution is -2.59. The number of rotatable bonds is 5. The number of hydrogen-bond donors (Lipinski definition) is 0. The van der Waals surface area contributed by atoms with E-state index in [1.807, 2.05) is 12.3 Å². The van der Waals surface area contributed by atoms with E-state index in [1.54, 1.807) is 0 Å². The number of likely N-dealkylation sites (N-methyl/N-ethyl adjacent to an activating group) is 1. The Morgan fingerprint density at radius 1 is 1.00 bits per heavy atom. The van der Waals surface area contributed by atoms with Gasteiger partial charge in [-0.3, -0.25) is 0 Å². The monoisotopic (exact) mass is 336 g/mol. The summed E-state index contributed by atoms with van der Waals surface area (Å²) in [6.07, 6.45) is 8.23.